The number of hydrogen-bond acceptors (Lipinski definition) is 5. The van der Waals surface area contributed by atoms with Gasteiger partial charge < -0.3 is 9.75 Å². The standard InChI is InChI=1S/C23H25ClN4O/c1-2-29-16-22-15-27(13-18-5-3-17(12-25)4-6-18)14-21-11-23(26-28(21)22)19-7-9-20(24)10-8-19/h3-11,22-23,26H,2,13-16H2,1H3. The van der Waals surface area contributed by atoms with Crippen LogP contribution in [0.3, 0.4) is 0 Å². The fraction of sp³-hybridized carbons (Fsp3) is 0.348. The number of halogens is 1. The molecule has 0 spiro atoms. The molecule has 2 atom stereocenters. The summed E-state index contributed by atoms with van der Waals surface area (Å²) in [6, 6.07) is 18.4. The smallest absolute Gasteiger partial charge is 0.0991 e. The van der Waals surface area contributed by atoms with Gasteiger partial charge in [-0.1, -0.05) is 35.9 Å². The summed E-state index contributed by atoms with van der Waals surface area (Å²) in [5.41, 5.74) is 8.03. The highest BCUT2D eigenvalue weighted by atomic mass is 35.5. The molecule has 0 amide bonds. The van der Waals surface area contributed by atoms with Gasteiger partial charge in [0.25, 0.3) is 0 Å². The van der Waals surface area contributed by atoms with Gasteiger partial charge in [-0.2, -0.15) is 5.26 Å². The molecule has 0 saturated carbocycles. The van der Waals surface area contributed by atoms with Crippen LogP contribution < -0.4 is 5.43 Å². The average Bonchev–Trinajstić information content (AvgIpc) is 3.17. The Morgan fingerprint density at radius 2 is 1.93 bits per heavy atom. The van der Waals surface area contributed by atoms with Gasteiger partial charge in [-0.25, -0.2) is 5.43 Å². The highest BCUT2D eigenvalue weighted by molar-refractivity contribution is 6.30. The molecule has 0 bridgehead atoms. The van der Waals surface area contributed by atoms with Crippen molar-refractivity contribution in [3.8, 4) is 6.07 Å². The molecule has 1 N–H and O–H groups in total. The van der Waals surface area contributed by atoms with Gasteiger partial charge in [0.1, 0.15) is 0 Å². The van der Waals surface area contributed by atoms with Crippen molar-refractivity contribution >= 4 is 11.6 Å². The quantitative estimate of drug-likeness (QED) is 0.786. The van der Waals surface area contributed by atoms with Crippen molar-refractivity contribution in [3.05, 3.63) is 82.0 Å². The fourth-order valence-electron chi connectivity index (χ4n) is 3.97. The lowest BCUT2D eigenvalue weighted by atomic mass is 10.1. The summed E-state index contributed by atoms with van der Waals surface area (Å²) in [5, 5.41) is 12.0. The first kappa shape index (κ1) is 19.9. The van der Waals surface area contributed by atoms with Crippen molar-refractivity contribution in [2.75, 3.05) is 26.3 Å². The normalized spacial score (nSPS) is 21.6. The summed E-state index contributed by atoms with van der Waals surface area (Å²) in [6.45, 7) is 6.06. The third-order valence-electron chi connectivity index (χ3n) is 5.40. The highest BCUT2D eigenvalue weighted by Gasteiger charge is 2.35. The molecule has 0 aliphatic carbocycles. The number of benzene rings is 2. The maximum absolute atomic E-state index is 9.00. The second-order valence-corrected chi connectivity index (χ2v) is 7.91. The van der Waals surface area contributed by atoms with E-state index in [0.717, 1.165) is 24.7 Å². The molecule has 29 heavy (non-hydrogen) atoms. The second kappa shape index (κ2) is 8.98. The van der Waals surface area contributed by atoms with E-state index in [2.05, 4.69) is 39.6 Å². The number of hydrazine groups is 1. The Morgan fingerprint density at radius 3 is 2.62 bits per heavy atom. The van der Waals surface area contributed by atoms with Gasteiger partial charge in [-0.05, 0) is 48.4 Å². The maximum atomic E-state index is 9.00. The van der Waals surface area contributed by atoms with E-state index in [-0.39, 0.29) is 12.1 Å². The summed E-state index contributed by atoms with van der Waals surface area (Å²) < 4.78 is 5.78. The fourth-order valence-corrected chi connectivity index (χ4v) is 4.10. The van der Waals surface area contributed by atoms with Crippen molar-refractivity contribution in [3.63, 3.8) is 0 Å². The SMILES string of the molecule is CCOCC1CN(Cc2ccc(C#N)cc2)CC2=CC(c3ccc(Cl)cc3)NN21. The molecule has 0 radical (unpaired) electrons. The molecule has 2 aliphatic heterocycles. The number of nitrogens with zero attached hydrogens (tertiary/aromatic N) is 3. The maximum Gasteiger partial charge on any atom is 0.0991 e. The molecule has 1 saturated heterocycles. The first-order valence-corrected chi connectivity index (χ1v) is 10.3. The predicted molar refractivity (Wildman–Crippen MR) is 114 cm³/mol. The Morgan fingerprint density at radius 1 is 1.17 bits per heavy atom. The molecule has 2 aromatic rings. The number of ether oxygens (including phenoxy) is 1. The molecule has 2 aliphatic rings. The van der Waals surface area contributed by atoms with Crippen molar-refractivity contribution in [2.45, 2.75) is 25.6 Å². The van der Waals surface area contributed by atoms with E-state index in [4.69, 9.17) is 21.6 Å². The minimum absolute atomic E-state index is 0.140. The minimum Gasteiger partial charge on any atom is -0.379 e. The van der Waals surface area contributed by atoms with Crippen LogP contribution in [0.4, 0.5) is 0 Å². The summed E-state index contributed by atoms with van der Waals surface area (Å²) in [6.07, 6.45) is 2.30. The number of nitriles is 1. The van der Waals surface area contributed by atoms with Gasteiger partial charge in [0.15, 0.2) is 0 Å². The monoisotopic (exact) mass is 408 g/mol. The first-order valence-electron chi connectivity index (χ1n) is 9.97. The molecule has 4 rings (SSSR count). The van der Waals surface area contributed by atoms with Crippen molar-refractivity contribution in [2.24, 2.45) is 0 Å². The van der Waals surface area contributed by atoms with Gasteiger partial charge in [0, 0.05) is 37.0 Å². The summed E-state index contributed by atoms with van der Waals surface area (Å²) in [4.78, 5) is 2.44. The van der Waals surface area contributed by atoms with Crippen LogP contribution in [0.1, 0.15) is 29.7 Å². The Kier molecular flexibility index (Phi) is 6.17. The molecule has 5 nitrogen and oxygen atoms in total. The number of piperazine rings is 1. The molecular formula is C23H25ClN4O. The topological polar surface area (TPSA) is 51.5 Å². The van der Waals surface area contributed by atoms with Crippen molar-refractivity contribution in [1.29, 1.82) is 5.26 Å². The van der Waals surface area contributed by atoms with Gasteiger partial charge in [-0.3, -0.25) is 4.90 Å². The van der Waals surface area contributed by atoms with Gasteiger partial charge in [0.2, 0.25) is 0 Å². The Bertz CT molecular complexity index is 904. The van der Waals surface area contributed by atoms with E-state index < -0.39 is 0 Å². The van der Waals surface area contributed by atoms with Crippen LogP contribution >= 0.6 is 11.6 Å². The van der Waals surface area contributed by atoms with Crippen molar-refractivity contribution < 1.29 is 4.74 Å². The third kappa shape index (κ3) is 4.63. The molecule has 2 heterocycles. The van der Waals surface area contributed by atoms with Crippen LogP contribution in [0.25, 0.3) is 0 Å². The number of rotatable bonds is 6. The van der Waals surface area contributed by atoms with Crippen LogP contribution in [0.2, 0.25) is 5.02 Å². The van der Waals surface area contributed by atoms with Crippen LogP contribution in [-0.2, 0) is 11.3 Å². The Hall–Kier alpha value is -2.36. The first-order chi connectivity index (χ1) is 14.2. The van der Waals surface area contributed by atoms with Crippen molar-refractivity contribution in [1.82, 2.24) is 15.3 Å². The number of fused-ring (bicyclic) bond motifs is 1. The van der Waals surface area contributed by atoms with Crippen LogP contribution in [0.15, 0.2) is 60.3 Å². The van der Waals surface area contributed by atoms with E-state index in [9.17, 15) is 0 Å². The second-order valence-electron chi connectivity index (χ2n) is 7.48. The Balaban J connectivity index is 1.51. The minimum atomic E-state index is 0.140. The predicted octanol–water partition coefficient (Wildman–Crippen LogP) is 3.88. The number of hydrogen-bond donors (Lipinski definition) is 1. The van der Waals surface area contributed by atoms with E-state index >= 15 is 0 Å². The highest BCUT2D eigenvalue weighted by Crippen LogP contribution is 2.30. The lowest BCUT2D eigenvalue weighted by molar-refractivity contribution is 0.0151. The lowest BCUT2D eigenvalue weighted by Crippen LogP contribution is -2.55. The Labute approximate surface area is 177 Å². The molecule has 1 fully saturated rings. The molecule has 150 valence electrons. The molecule has 2 aromatic carbocycles. The molecular weight excluding hydrogens is 384 g/mol. The third-order valence-corrected chi connectivity index (χ3v) is 5.65. The lowest BCUT2D eigenvalue weighted by Gasteiger charge is -2.42. The number of nitrogens with one attached hydrogen (secondary N) is 1. The van der Waals surface area contributed by atoms with Crippen LogP contribution in [0, 0.1) is 11.3 Å². The molecule has 0 aromatic heterocycles. The summed E-state index contributed by atoms with van der Waals surface area (Å²) in [5.74, 6) is 0. The van der Waals surface area contributed by atoms with E-state index in [0.29, 0.717) is 18.8 Å². The summed E-state index contributed by atoms with van der Waals surface area (Å²) >= 11 is 6.05. The van der Waals surface area contributed by atoms with Gasteiger partial charge in [-0.15, -0.1) is 0 Å². The molecule has 6 heteroatoms. The van der Waals surface area contributed by atoms with Gasteiger partial charge in [0.05, 0.1) is 30.3 Å². The zero-order chi connectivity index (χ0) is 20.2. The van der Waals surface area contributed by atoms with E-state index in [1.54, 1.807) is 0 Å². The zero-order valence-corrected chi connectivity index (χ0v) is 17.3. The van der Waals surface area contributed by atoms with E-state index in [1.807, 2.05) is 43.3 Å². The van der Waals surface area contributed by atoms with Crippen LogP contribution in [0.5, 0.6) is 0 Å². The summed E-state index contributed by atoms with van der Waals surface area (Å²) in [7, 11) is 0. The van der Waals surface area contributed by atoms with Gasteiger partial charge >= 0.3 is 0 Å². The average molecular weight is 409 g/mol. The zero-order valence-electron chi connectivity index (χ0n) is 16.5. The largest absolute Gasteiger partial charge is 0.379 e. The van der Waals surface area contributed by atoms with E-state index in [1.165, 1.54) is 16.8 Å². The van der Waals surface area contributed by atoms with Crippen LogP contribution in [-0.4, -0.2) is 42.3 Å². The molecule has 2 unspecified atom stereocenters.